The summed E-state index contributed by atoms with van der Waals surface area (Å²) in [4.78, 5) is 0. The van der Waals surface area contributed by atoms with Crippen LogP contribution in [0, 0.1) is 0 Å². The molecule has 2 N–H and O–H groups in total. The maximum Gasteiger partial charge on any atom is 0.164 e. The van der Waals surface area contributed by atoms with Crippen LogP contribution in [0.4, 0.5) is 0 Å². The number of hydrogen-bond donors (Lipinski definition) is 2. The van der Waals surface area contributed by atoms with Gasteiger partial charge in [0.05, 0.1) is 27.9 Å². The Balaban J connectivity index is 2.94. The maximum atomic E-state index is 8.98. The van der Waals surface area contributed by atoms with Crippen molar-refractivity contribution >= 4 is 0 Å². The highest BCUT2D eigenvalue weighted by atomic mass is 16.5. The van der Waals surface area contributed by atoms with Crippen LogP contribution in [0.15, 0.2) is 12.1 Å². The lowest BCUT2D eigenvalue weighted by molar-refractivity contribution is 0.250. The second kappa shape index (κ2) is 7.08. The highest BCUT2D eigenvalue weighted by Gasteiger charge is 2.12. The number of methoxy groups -OCH3 is 3. The largest absolute Gasteiger partial charge is 0.496 e. The van der Waals surface area contributed by atoms with Crippen molar-refractivity contribution in [1.29, 1.82) is 0 Å². The Morgan fingerprint density at radius 3 is 2.11 bits per heavy atom. The third-order valence-corrected chi connectivity index (χ3v) is 2.70. The van der Waals surface area contributed by atoms with Crippen molar-refractivity contribution in [2.45, 2.75) is 19.5 Å². The maximum absolute atomic E-state index is 8.98. The molecule has 0 radical (unpaired) electrons. The minimum atomic E-state index is 0.0304. The van der Waals surface area contributed by atoms with E-state index in [0.29, 0.717) is 18.0 Å². The van der Waals surface area contributed by atoms with Crippen LogP contribution in [0.3, 0.4) is 0 Å². The Labute approximate surface area is 108 Å². The molecule has 0 aliphatic rings. The van der Waals surface area contributed by atoms with E-state index in [4.69, 9.17) is 19.3 Å². The third kappa shape index (κ3) is 3.51. The molecule has 1 aromatic rings. The molecule has 0 amide bonds. The summed E-state index contributed by atoms with van der Waals surface area (Å²) in [5.41, 5.74) is 0.954. The van der Waals surface area contributed by atoms with Crippen molar-refractivity contribution < 1.29 is 19.3 Å². The first-order chi connectivity index (χ1) is 8.65. The first kappa shape index (κ1) is 14.6. The zero-order valence-electron chi connectivity index (χ0n) is 11.3. The molecule has 0 aliphatic heterocycles. The smallest absolute Gasteiger partial charge is 0.164 e. The third-order valence-electron chi connectivity index (χ3n) is 2.70. The van der Waals surface area contributed by atoms with Crippen LogP contribution in [0.5, 0.6) is 17.2 Å². The predicted molar refractivity (Wildman–Crippen MR) is 69.5 cm³/mol. The van der Waals surface area contributed by atoms with Gasteiger partial charge in [0.2, 0.25) is 0 Å². The van der Waals surface area contributed by atoms with E-state index >= 15 is 0 Å². The van der Waals surface area contributed by atoms with Crippen molar-refractivity contribution in [2.24, 2.45) is 0 Å². The molecule has 0 fully saturated rings. The Morgan fingerprint density at radius 2 is 1.61 bits per heavy atom. The fourth-order valence-electron chi connectivity index (χ4n) is 1.58. The lowest BCUT2D eigenvalue weighted by Crippen LogP contribution is -2.28. The van der Waals surface area contributed by atoms with Crippen LogP contribution in [-0.2, 0) is 6.54 Å². The summed E-state index contributed by atoms with van der Waals surface area (Å²) in [5, 5.41) is 12.2. The van der Waals surface area contributed by atoms with Gasteiger partial charge in [0.1, 0.15) is 5.75 Å². The molecule has 0 bridgehead atoms. The number of nitrogens with one attached hydrogen (secondary N) is 1. The monoisotopic (exact) mass is 255 g/mol. The lowest BCUT2D eigenvalue weighted by Gasteiger charge is -2.16. The zero-order chi connectivity index (χ0) is 13.5. The number of ether oxygens (including phenoxy) is 3. The summed E-state index contributed by atoms with van der Waals surface area (Å²) in [5.74, 6) is 2.02. The number of aliphatic hydroxyl groups excluding tert-OH is 1. The molecule has 0 aromatic heterocycles. The second-order valence-corrected chi connectivity index (χ2v) is 3.98. The van der Waals surface area contributed by atoms with Crippen LogP contribution in [0.2, 0.25) is 0 Å². The van der Waals surface area contributed by atoms with Crippen LogP contribution in [0.25, 0.3) is 0 Å². The summed E-state index contributed by atoms with van der Waals surface area (Å²) in [7, 11) is 4.79. The standard InChI is InChI=1S/C13H21NO4/c1-9(8-15)14-7-10-5-12(17-3)13(18-4)6-11(10)16-2/h5-6,9,14-15H,7-8H2,1-4H3. The fourth-order valence-corrected chi connectivity index (χ4v) is 1.58. The minimum Gasteiger partial charge on any atom is -0.496 e. The normalized spacial score (nSPS) is 12.1. The molecule has 0 spiro atoms. The van der Waals surface area contributed by atoms with E-state index in [0.717, 1.165) is 11.3 Å². The molecule has 1 unspecified atom stereocenters. The summed E-state index contributed by atoms with van der Waals surface area (Å²) >= 11 is 0. The first-order valence-corrected chi connectivity index (χ1v) is 5.79. The summed E-state index contributed by atoms with van der Waals surface area (Å²) in [6.07, 6.45) is 0. The predicted octanol–water partition coefficient (Wildman–Crippen LogP) is 1.18. The van der Waals surface area contributed by atoms with Crippen molar-refractivity contribution in [2.75, 3.05) is 27.9 Å². The zero-order valence-corrected chi connectivity index (χ0v) is 11.3. The van der Waals surface area contributed by atoms with Crippen molar-refractivity contribution in [3.05, 3.63) is 17.7 Å². The van der Waals surface area contributed by atoms with Gasteiger partial charge in [0.15, 0.2) is 11.5 Å². The van der Waals surface area contributed by atoms with Gasteiger partial charge in [-0.1, -0.05) is 0 Å². The average Bonchev–Trinajstić information content (AvgIpc) is 2.43. The van der Waals surface area contributed by atoms with E-state index in [2.05, 4.69) is 5.32 Å². The van der Waals surface area contributed by atoms with Crippen molar-refractivity contribution in [3.8, 4) is 17.2 Å². The Bertz CT molecular complexity index is 381. The van der Waals surface area contributed by atoms with Crippen LogP contribution in [0.1, 0.15) is 12.5 Å². The fraction of sp³-hybridized carbons (Fsp3) is 0.538. The highest BCUT2D eigenvalue weighted by molar-refractivity contribution is 5.50. The Hall–Kier alpha value is -1.46. The second-order valence-electron chi connectivity index (χ2n) is 3.98. The quantitative estimate of drug-likeness (QED) is 0.766. The van der Waals surface area contributed by atoms with E-state index in [9.17, 15) is 0 Å². The van der Waals surface area contributed by atoms with E-state index in [1.807, 2.05) is 13.0 Å². The van der Waals surface area contributed by atoms with Gasteiger partial charge in [-0.05, 0) is 13.0 Å². The van der Waals surface area contributed by atoms with E-state index < -0.39 is 0 Å². The average molecular weight is 255 g/mol. The van der Waals surface area contributed by atoms with Gasteiger partial charge < -0.3 is 24.6 Å². The molecule has 0 saturated carbocycles. The van der Waals surface area contributed by atoms with E-state index in [1.165, 1.54) is 0 Å². The number of aliphatic hydroxyl groups is 1. The van der Waals surface area contributed by atoms with Crippen molar-refractivity contribution in [3.63, 3.8) is 0 Å². The first-order valence-electron chi connectivity index (χ1n) is 5.79. The van der Waals surface area contributed by atoms with Crippen molar-refractivity contribution in [1.82, 2.24) is 5.32 Å². The molecule has 1 aromatic carbocycles. The SMILES string of the molecule is COc1cc(OC)c(OC)cc1CNC(C)CO. The molecule has 0 saturated heterocycles. The van der Waals surface area contributed by atoms with Gasteiger partial charge in [0.25, 0.3) is 0 Å². The van der Waals surface area contributed by atoms with Gasteiger partial charge in [-0.15, -0.1) is 0 Å². The van der Waals surface area contributed by atoms with Gasteiger partial charge in [-0.3, -0.25) is 0 Å². The highest BCUT2D eigenvalue weighted by Crippen LogP contribution is 2.34. The number of benzene rings is 1. The summed E-state index contributed by atoms with van der Waals surface area (Å²) in [6, 6.07) is 3.69. The van der Waals surface area contributed by atoms with Gasteiger partial charge in [0, 0.05) is 24.2 Å². The molecule has 1 rings (SSSR count). The molecule has 0 heterocycles. The molecule has 1 atom stereocenters. The van der Waals surface area contributed by atoms with Gasteiger partial charge in [-0.25, -0.2) is 0 Å². The molecule has 0 aliphatic carbocycles. The molecule has 5 heteroatoms. The van der Waals surface area contributed by atoms with E-state index in [1.54, 1.807) is 27.4 Å². The van der Waals surface area contributed by atoms with Crippen LogP contribution < -0.4 is 19.5 Å². The summed E-state index contributed by atoms with van der Waals surface area (Å²) in [6.45, 7) is 2.59. The summed E-state index contributed by atoms with van der Waals surface area (Å²) < 4.78 is 15.8. The molecule has 102 valence electrons. The topological polar surface area (TPSA) is 60.0 Å². The van der Waals surface area contributed by atoms with Crippen LogP contribution >= 0.6 is 0 Å². The minimum absolute atomic E-state index is 0.0304. The van der Waals surface area contributed by atoms with E-state index in [-0.39, 0.29) is 12.6 Å². The lowest BCUT2D eigenvalue weighted by atomic mass is 10.1. The van der Waals surface area contributed by atoms with Crippen LogP contribution in [-0.4, -0.2) is 39.1 Å². The molecular weight excluding hydrogens is 234 g/mol. The molecule has 18 heavy (non-hydrogen) atoms. The van der Waals surface area contributed by atoms with Gasteiger partial charge in [-0.2, -0.15) is 0 Å². The number of hydrogen-bond acceptors (Lipinski definition) is 5. The Kier molecular flexibility index (Phi) is 5.74. The molecular formula is C13H21NO4. The molecule has 5 nitrogen and oxygen atoms in total. The van der Waals surface area contributed by atoms with Gasteiger partial charge >= 0.3 is 0 Å². The number of rotatable bonds is 7. The Morgan fingerprint density at radius 1 is 1.06 bits per heavy atom.